The summed E-state index contributed by atoms with van der Waals surface area (Å²) < 4.78 is 28.9. The zero-order chi connectivity index (χ0) is 19.3. The quantitative estimate of drug-likeness (QED) is 0.650. The molecular formula is C21H29NO3S. The smallest absolute Gasteiger partial charge is 0.175 e. The van der Waals surface area contributed by atoms with E-state index in [0.717, 1.165) is 24.3 Å². The van der Waals surface area contributed by atoms with Gasteiger partial charge in [0.1, 0.15) is 5.75 Å². The second kappa shape index (κ2) is 8.69. The molecule has 2 rings (SSSR count). The standard InChI is InChI=1S/C21H29NO3S/c1-16-7-10-20(15-17(16)2)25-14-6-13-22(4)18(3)19-8-11-21(12-9-19)26(5,23)24/h7-12,15,18H,6,13-14H2,1-5H3. The van der Waals surface area contributed by atoms with Gasteiger partial charge in [-0.05, 0) is 75.2 Å². The second-order valence-corrected chi connectivity index (χ2v) is 8.96. The molecule has 0 aliphatic rings. The molecule has 2 aromatic carbocycles. The first-order chi connectivity index (χ1) is 12.2. The Morgan fingerprint density at radius 3 is 2.27 bits per heavy atom. The molecule has 2 aromatic rings. The van der Waals surface area contributed by atoms with Crippen LogP contribution >= 0.6 is 0 Å². The normalized spacial score (nSPS) is 13.0. The Hall–Kier alpha value is -1.85. The summed E-state index contributed by atoms with van der Waals surface area (Å²) in [7, 11) is -1.07. The average molecular weight is 376 g/mol. The maximum atomic E-state index is 11.6. The van der Waals surface area contributed by atoms with E-state index in [-0.39, 0.29) is 6.04 Å². The van der Waals surface area contributed by atoms with Gasteiger partial charge >= 0.3 is 0 Å². The Morgan fingerprint density at radius 2 is 1.69 bits per heavy atom. The van der Waals surface area contributed by atoms with Crippen molar-refractivity contribution in [3.63, 3.8) is 0 Å². The minimum atomic E-state index is -3.15. The lowest BCUT2D eigenvalue weighted by Crippen LogP contribution is -2.24. The van der Waals surface area contributed by atoms with Crippen LogP contribution in [0.4, 0.5) is 0 Å². The third-order valence-electron chi connectivity index (χ3n) is 4.85. The summed E-state index contributed by atoms with van der Waals surface area (Å²) in [6.45, 7) is 7.89. The molecule has 0 amide bonds. The first-order valence-electron chi connectivity index (χ1n) is 8.89. The molecule has 0 heterocycles. The van der Waals surface area contributed by atoms with E-state index in [1.165, 1.54) is 17.4 Å². The van der Waals surface area contributed by atoms with E-state index in [9.17, 15) is 8.42 Å². The van der Waals surface area contributed by atoms with E-state index >= 15 is 0 Å². The minimum absolute atomic E-state index is 0.213. The fourth-order valence-electron chi connectivity index (χ4n) is 2.75. The van der Waals surface area contributed by atoms with Crippen LogP contribution in [0.1, 0.15) is 36.1 Å². The molecule has 0 saturated carbocycles. The van der Waals surface area contributed by atoms with Gasteiger partial charge < -0.3 is 4.74 Å². The zero-order valence-corrected chi connectivity index (χ0v) is 17.1. The van der Waals surface area contributed by atoms with Crippen LogP contribution in [0.25, 0.3) is 0 Å². The van der Waals surface area contributed by atoms with Crippen LogP contribution in [-0.2, 0) is 9.84 Å². The third kappa shape index (κ3) is 5.58. The molecule has 4 nitrogen and oxygen atoms in total. The largest absolute Gasteiger partial charge is 0.494 e. The van der Waals surface area contributed by atoms with Gasteiger partial charge in [-0.25, -0.2) is 8.42 Å². The zero-order valence-electron chi connectivity index (χ0n) is 16.3. The summed E-state index contributed by atoms with van der Waals surface area (Å²) >= 11 is 0. The summed E-state index contributed by atoms with van der Waals surface area (Å²) in [5, 5.41) is 0. The number of aryl methyl sites for hydroxylation is 2. The summed E-state index contributed by atoms with van der Waals surface area (Å²) in [5.41, 5.74) is 3.62. The lowest BCUT2D eigenvalue weighted by Gasteiger charge is -2.25. The van der Waals surface area contributed by atoms with Gasteiger partial charge in [0.2, 0.25) is 0 Å². The molecule has 0 aliphatic carbocycles. The highest BCUT2D eigenvalue weighted by Gasteiger charge is 2.13. The van der Waals surface area contributed by atoms with Gasteiger partial charge in [0, 0.05) is 18.8 Å². The lowest BCUT2D eigenvalue weighted by molar-refractivity contribution is 0.226. The van der Waals surface area contributed by atoms with Crippen molar-refractivity contribution in [3.05, 3.63) is 59.2 Å². The van der Waals surface area contributed by atoms with E-state index < -0.39 is 9.84 Å². The molecule has 0 aromatic heterocycles. The van der Waals surface area contributed by atoms with Gasteiger partial charge in [0.15, 0.2) is 9.84 Å². The van der Waals surface area contributed by atoms with Crippen molar-refractivity contribution in [1.29, 1.82) is 0 Å². The van der Waals surface area contributed by atoms with E-state index in [2.05, 4.69) is 44.9 Å². The van der Waals surface area contributed by atoms with Crippen molar-refractivity contribution in [2.45, 2.75) is 38.1 Å². The predicted octanol–water partition coefficient (Wildman–Crippen LogP) is 4.17. The van der Waals surface area contributed by atoms with Crippen molar-refractivity contribution in [3.8, 4) is 5.75 Å². The molecule has 0 fully saturated rings. The molecule has 5 heteroatoms. The van der Waals surface area contributed by atoms with Gasteiger partial charge in [-0.2, -0.15) is 0 Å². The van der Waals surface area contributed by atoms with E-state index in [1.807, 2.05) is 18.2 Å². The number of hydrogen-bond donors (Lipinski definition) is 0. The maximum absolute atomic E-state index is 11.6. The van der Waals surface area contributed by atoms with Gasteiger partial charge in [0.25, 0.3) is 0 Å². The maximum Gasteiger partial charge on any atom is 0.175 e. The Labute approximate surface area is 157 Å². The van der Waals surface area contributed by atoms with Gasteiger partial charge in [-0.3, -0.25) is 4.90 Å². The Kier molecular flexibility index (Phi) is 6.84. The Morgan fingerprint density at radius 1 is 1.04 bits per heavy atom. The monoisotopic (exact) mass is 375 g/mol. The Bertz CT molecular complexity index is 829. The highest BCUT2D eigenvalue weighted by Crippen LogP contribution is 2.21. The van der Waals surface area contributed by atoms with Crippen LogP contribution in [0, 0.1) is 13.8 Å². The van der Waals surface area contributed by atoms with Crippen LogP contribution in [-0.4, -0.2) is 39.8 Å². The van der Waals surface area contributed by atoms with Crippen molar-refractivity contribution in [2.75, 3.05) is 26.5 Å². The molecule has 0 aliphatic heterocycles. The number of ether oxygens (including phenoxy) is 1. The highest BCUT2D eigenvalue weighted by atomic mass is 32.2. The number of hydrogen-bond acceptors (Lipinski definition) is 4. The first-order valence-corrected chi connectivity index (χ1v) is 10.8. The number of benzene rings is 2. The molecule has 1 atom stereocenters. The van der Waals surface area contributed by atoms with E-state index in [0.29, 0.717) is 11.5 Å². The summed E-state index contributed by atoms with van der Waals surface area (Å²) in [6, 6.07) is 13.5. The van der Waals surface area contributed by atoms with Crippen LogP contribution in [0.3, 0.4) is 0 Å². The van der Waals surface area contributed by atoms with E-state index in [1.54, 1.807) is 12.1 Å². The van der Waals surface area contributed by atoms with Crippen molar-refractivity contribution in [1.82, 2.24) is 4.90 Å². The number of rotatable bonds is 8. The van der Waals surface area contributed by atoms with Crippen molar-refractivity contribution >= 4 is 9.84 Å². The molecule has 142 valence electrons. The summed E-state index contributed by atoms with van der Waals surface area (Å²) in [5.74, 6) is 0.917. The van der Waals surface area contributed by atoms with Crippen LogP contribution in [0.5, 0.6) is 5.75 Å². The van der Waals surface area contributed by atoms with Crippen LogP contribution in [0.15, 0.2) is 47.4 Å². The van der Waals surface area contributed by atoms with Crippen LogP contribution < -0.4 is 4.74 Å². The number of nitrogens with zero attached hydrogens (tertiary/aromatic N) is 1. The van der Waals surface area contributed by atoms with Crippen molar-refractivity contribution < 1.29 is 13.2 Å². The summed E-state index contributed by atoms with van der Waals surface area (Å²) in [4.78, 5) is 2.61. The molecule has 0 spiro atoms. The highest BCUT2D eigenvalue weighted by molar-refractivity contribution is 7.90. The fourth-order valence-corrected chi connectivity index (χ4v) is 3.38. The first kappa shape index (κ1) is 20.5. The van der Waals surface area contributed by atoms with Gasteiger partial charge in [-0.15, -0.1) is 0 Å². The van der Waals surface area contributed by atoms with Crippen molar-refractivity contribution in [2.24, 2.45) is 0 Å². The predicted molar refractivity (Wildman–Crippen MR) is 107 cm³/mol. The molecular weight excluding hydrogens is 346 g/mol. The van der Waals surface area contributed by atoms with Gasteiger partial charge in [0.05, 0.1) is 11.5 Å². The topological polar surface area (TPSA) is 46.6 Å². The number of sulfone groups is 1. The van der Waals surface area contributed by atoms with E-state index in [4.69, 9.17) is 4.74 Å². The van der Waals surface area contributed by atoms with Gasteiger partial charge in [-0.1, -0.05) is 18.2 Å². The molecule has 0 N–H and O–H groups in total. The fraction of sp³-hybridized carbons (Fsp3) is 0.429. The minimum Gasteiger partial charge on any atom is -0.494 e. The summed E-state index contributed by atoms with van der Waals surface area (Å²) in [6.07, 6.45) is 2.16. The molecule has 0 saturated heterocycles. The lowest BCUT2D eigenvalue weighted by atomic mass is 10.1. The molecule has 26 heavy (non-hydrogen) atoms. The molecule has 1 unspecified atom stereocenters. The Balaban J connectivity index is 1.83. The van der Waals surface area contributed by atoms with Crippen LogP contribution in [0.2, 0.25) is 0 Å². The molecule has 0 bridgehead atoms. The average Bonchev–Trinajstić information content (AvgIpc) is 2.60. The SMILES string of the molecule is Cc1ccc(OCCCN(C)C(C)c2ccc(S(C)(=O)=O)cc2)cc1C. The second-order valence-electron chi connectivity index (χ2n) is 6.95. The third-order valence-corrected chi connectivity index (χ3v) is 5.98. The molecule has 0 radical (unpaired) electrons.